The molecule has 0 spiro atoms. The Balaban J connectivity index is 2.31. The topological polar surface area (TPSA) is 37.0 Å². The van der Waals surface area contributed by atoms with Crippen LogP contribution in [-0.2, 0) is 0 Å². The van der Waals surface area contributed by atoms with Crippen LogP contribution in [0.15, 0.2) is 36.5 Å². The van der Waals surface area contributed by atoms with E-state index in [4.69, 9.17) is 11.6 Å². The molecule has 3 nitrogen and oxygen atoms in total. The average molecular weight is 252 g/mol. The van der Waals surface area contributed by atoms with E-state index >= 15 is 0 Å². The van der Waals surface area contributed by atoms with Crippen molar-refractivity contribution in [2.24, 2.45) is 0 Å². The fourth-order valence-corrected chi connectivity index (χ4v) is 1.62. The summed E-state index contributed by atoms with van der Waals surface area (Å²) in [7, 11) is 1.77. The Labute approximate surface area is 104 Å². The zero-order valence-corrected chi connectivity index (χ0v) is 9.92. The van der Waals surface area contributed by atoms with Crippen LogP contribution in [0.25, 0.3) is 0 Å². The Morgan fingerprint density at radius 2 is 2.12 bits per heavy atom. The molecule has 0 saturated carbocycles. The lowest BCUT2D eigenvalue weighted by Crippen LogP contribution is -1.97. The highest BCUT2D eigenvalue weighted by atomic mass is 35.5. The van der Waals surface area contributed by atoms with E-state index in [-0.39, 0.29) is 11.5 Å². The highest BCUT2D eigenvalue weighted by molar-refractivity contribution is 6.33. The standard InChI is InChI=1S/C12H11ClFN3/c1-15-11-7-8(5-6-16-11)17-12-9(13)3-2-4-10(12)14/h2-7H,1H3,(H2,15,16,17). The lowest BCUT2D eigenvalue weighted by molar-refractivity contribution is 0.632. The summed E-state index contributed by atoms with van der Waals surface area (Å²) in [6.07, 6.45) is 1.63. The van der Waals surface area contributed by atoms with Gasteiger partial charge in [0, 0.05) is 25.0 Å². The number of rotatable bonds is 3. The van der Waals surface area contributed by atoms with Crippen molar-refractivity contribution in [3.63, 3.8) is 0 Å². The number of hydrogen-bond donors (Lipinski definition) is 2. The van der Waals surface area contributed by atoms with E-state index in [0.717, 1.165) is 5.69 Å². The van der Waals surface area contributed by atoms with E-state index < -0.39 is 0 Å². The summed E-state index contributed by atoms with van der Waals surface area (Å²) < 4.78 is 13.5. The number of halogens is 2. The van der Waals surface area contributed by atoms with Crippen molar-refractivity contribution in [1.82, 2.24) is 4.98 Å². The Bertz CT molecular complexity index is 511. The summed E-state index contributed by atoms with van der Waals surface area (Å²) in [5.74, 6) is 0.308. The Morgan fingerprint density at radius 1 is 1.29 bits per heavy atom. The molecule has 2 rings (SSSR count). The molecule has 0 aliphatic rings. The maximum Gasteiger partial charge on any atom is 0.148 e. The van der Waals surface area contributed by atoms with E-state index in [0.29, 0.717) is 10.8 Å². The van der Waals surface area contributed by atoms with E-state index in [1.54, 1.807) is 37.5 Å². The molecule has 0 bridgehead atoms. The third-order valence-corrected chi connectivity index (χ3v) is 2.56. The minimum Gasteiger partial charge on any atom is -0.373 e. The molecular formula is C12H11ClFN3. The van der Waals surface area contributed by atoms with Crippen molar-refractivity contribution in [3.8, 4) is 0 Å². The smallest absolute Gasteiger partial charge is 0.148 e. The first kappa shape index (κ1) is 11.7. The van der Waals surface area contributed by atoms with Gasteiger partial charge < -0.3 is 10.6 Å². The highest BCUT2D eigenvalue weighted by Gasteiger charge is 2.07. The zero-order valence-electron chi connectivity index (χ0n) is 9.17. The second kappa shape index (κ2) is 5.01. The minimum atomic E-state index is -0.389. The molecule has 0 atom stereocenters. The molecule has 1 aromatic carbocycles. The van der Waals surface area contributed by atoms with Gasteiger partial charge in [0.2, 0.25) is 0 Å². The summed E-state index contributed by atoms with van der Waals surface area (Å²) in [5, 5.41) is 6.17. The first-order valence-electron chi connectivity index (χ1n) is 5.05. The van der Waals surface area contributed by atoms with Gasteiger partial charge in [-0.3, -0.25) is 0 Å². The maximum atomic E-state index is 13.5. The summed E-state index contributed by atoms with van der Waals surface area (Å²) in [4.78, 5) is 4.07. The SMILES string of the molecule is CNc1cc(Nc2c(F)cccc2Cl)ccn1. The van der Waals surface area contributed by atoms with E-state index in [1.807, 2.05) is 0 Å². The van der Waals surface area contributed by atoms with Crippen LogP contribution in [0.2, 0.25) is 5.02 Å². The molecule has 0 aliphatic carbocycles. The van der Waals surface area contributed by atoms with Crippen molar-refractivity contribution in [2.75, 3.05) is 17.7 Å². The molecule has 0 amide bonds. The third kappa shape index (κ3) is 2.65. The maximum absolute atomic E-state index is 13.5. The van der Waals surface area contributed by atoms with Crippen molar-refractivity contribution in [3.05, 3.63) is 47.4 Å². The van der Waals surface area contributed by atoms with E-state index in [2.05, 4.69) is 15.6 Å². The van der Waals surface area contributed by atoms with E-state index in [9.17, 15) is 4.39 Å². The van der Waals surface area contributed by atoms with Crippen LogP contribution in [0.5, 0.6) is 0 Å². The number of aromatic nitrogens is 1. The number of anilines is 3. The van der Waals surface area contributed by atoms with Crippen molar-refractivity contribution >= 4 is 28.8 Å². The molecule has 17 heavy (non-hydrogen) atoms. The number of pyridine rings is 1. The molecule has 2 N–H and O–H groups in total. The number of nitrogens with zero attached hydrogens (tertiary/aromatic N) is 1. The molecule has 2 aromatic rings. The monoisotopic (exact) mass is 251 g/mol. The van der Waals surface area contributed by atoms with Crippen molar-refractivity contribution in [1.29, 1.82) is 0 Å². The second-order valence-electron chi connectivity index (χ2n) is 3.40. The Kier molecular flexibility index (Phi) is 3.44. The van der Waals surface area contributed by atoms with Gasteiger partial charge in [-0.05, 0) is 18.2 Å². The van der Waals surface area contributed by atoms with Crippen LogP contribution in [0, 0.1) is 5.82 Å². The molecule has 88 valence electrons. The van der Waals surface area contributed by atoms with Crippen LogP contribution >= 0.6 is 11.6 Å². The highest BCUT2D eigenvalue weighted by Crippen LogP contribution is 2.28. The molecule has 0 unspecified atom stereocenters. The van der Waals surface area contributed by atoms with Crippen LogP contribution in [-0.4, -0.2) is 12.0 Å². The predicted molar refractivity (Wildman–Crippen MR) is 68.5 cm³/mol. The summed E-state index contributed by atoms with van der Waals surface area (Å²) in [6, 6.07) is 8.06. The van der Waals surface area contributed by atoms with Gasteiger partial charge in [0.1, 0.15) is 11.6 Å². The van der Waals surface area contributed by atoms with Crippen LogP contribution in [0.4, 0.5) is 21.6 Å². The predicted octanol–water partition coefficient (Wildman–Crippen LogP) is 3.66. The van der Waals surface area contributed by atoms with Gasteiger partial charge in [0.25, 0.3) is 0 Å². The molecule has 5 heteroatoms. The summed E-state index contributed by atoms with van der Waals surface area (Å²) >= 11 is 5.92. The van der Waals surface area contributed by atoms with Gasteiger partial charge in [-0.2, -0.15) is 0 Å². The molecule has 0 radical (unpaired) electrons. The largest absolute Gasteiger partial charge is 0.373 e. The lowest BCUT2D eigenvalue weighted by atomic mass is 10.3. The zero-order chi connectivity index (χ0) is 12.3. The quantitative estimate of drug-likeness (QED) is 0.874. The molecule has 0 aliphatic heterocycles. The molecule has 1 heterocycles. The Morgan fingerprint density at radius 3 is 2.82 bits per heavy atom. The van der Waals surface area contributed by atoms with Gasteiger partial charge in [-0.15, -0.1) is 0 Å². The summed E-state index contributed by atoms with van der Waals surface area (Å²) in [6.45, 7) is 0. The fourth-order valence-electron chi connectivity index (χ4n) is 1.41. The van der Waals surface area contributed by atoms with E-state index in [1.165, 1.54) is 6.07 Å². The van der Waals surface area contributed by atoms with Crippen LogP contribution < -0.4 is 10.6 Å². The van der Waals surface area contributed by atoms with Gasteiger partial charge in [0.05, 0.1) is 10.7 Å². The minimum absolute atomic E-state index is 0.266. The number of nitrogens with one attached hydrogen (secondary N) is 2. The molecule has 1 aromatic heterocycles. The van der Waals surface area contributed by atoms with Crippen molar-refractivity contribution in [2.45, 2.75) is 0 Å². The fraction of sp³-hybridized carbons (Fsp3) is 0.0833. The number of para-hydroxylation sites is 1. The molecular weight excluding hydrogens is 241 g/mol. The molecule has 0 saturated heterocycles. The Hall–Kier alpha value is -1.81. The first-order chi connectivity index (χ1) is 8.20. The van der Waals surface area contributed by atoms with Crippen LogP contribution in [0.3, 0.4) is 0 Å². The lowest BCUT2D eigenvalue weighted by Gasteiger charge is -2.10. The molecule has 0 fully saturated rings. The summed E-state index contributed by atoms with van der Waals surface area (Å²) in [5.41, 5.74) is 0.985. The normalized spacial score (nSPS) is 10.1. The van der Waals surface area contributed by atoms with Crippen LogP contribution in [0.1, 0.15) is 0 Å². The average Bonchev–Trinajstić information content (AvgIpc) is 2.34. The van der Waals surface area contributed by atoms with Gasteiger partial charge >= 0.3 is 0 Å². The van der Waals surface area contributed by atoms with Gasteiger partial charge in [0.15, 0.2) is 0 Å². The number of benzene rings is 1. The van der Waals surface area contributed by atoms with Crippen molar-refractivity contribution < 1.29 is 4.39 Å². The number of hydrogen-bond acceptors (Lipinski definition) is 3. The van der Waals surface area contributed by atoms with Gasteiger partial charge in [-0.25, -0.2) is 9.37 Å². The van der Waals surface area contributed by atoms with Gasteiger partial charge in [-0.1, -0.05) is 17.7 Å². The third-order valence-electron chi connectivity index (χ3n) is 2.25. The second-order valence-corrected chi connectivity index (χ2v) is 3.81. The first-order valence-corrected chi connectivity index (χ1v) is 5.43.